The van der Waals surface area contributed by atoms with Gasteiger partial charge in [0.2, 0.25) is 0 Å². The molecular weight excluding hydrogens is 268 g/mol. The molecule has 0 amide bonds. The van der Waals surface area contributed by atoms with Gasteiger partial charge < -0.3 is 0 Å². The highest BCUT2D eigenvalue weighted by Crippen LogP contribution is 2.20. The van der Waals surface area contributed by atoms with E-state index < -0.39 is 0 Å². The van der Waals surface area contributed by atoms with Gasteiger partial charge in [-0.3, -0.25) is 4.79 Å². The lowest BCUT2D eigenvalue weighted by Gasteiger charge is -2.12. The maximum Gasteiger partial charge on any atom is 0.140 e. The predicted molar refractivity (Wildman–Crippen MR) is 93.2 cm³/mol. The minimum Gasteiger partial charge on any atom is -0.299 e. The fourth-order valence-electron chi connectivity index (χ4n) is 2.73. The van der Waals surface area contributed by atoms with Crippen LogP contribution >= 0.6 is 0 Å². The topological polar surface area (TPSA) is 17.1 Å². The smallest absolute Gasteiger partial charge is 0.140 e. The summed E-state index contributed by atoms with van der Waals surface area (Å²) >= 11 is 0. The molecule has 0 N–H and O–H groups in total. The van der Waals surface area contributed by atoms with Gasteiger partial charge >= 0.3 is 0 Å². The number of Topliss-reactive ketones (excluding diaryl/α,β-unsaturated/α-hetero) is 1. The quantitative estimate of drug-likeness (QED) is 0.686. The Morgan fingerprint density at radius 2 is 1.50 bits per heavy atom. The van der Waals surface area contributed by atoms with E-state index in [4.69, 9.17) is 0 Å². The predicted octanol–water partition coefficient (Wildman–Crippen LogP) is 5.19. The van der Waals surface area contributed by atoms with Crippen LogP contribution in [-0.2, 0) is 17.6 Å². The van der Waals surface area contributed by atoms with Gasteiger partial charge in [0.15, 0.2) is 0 Å². The summed E-state index contributed by atoms with van der Waals surface area (Å²) in [5.41, 5.74) is 3.71. The molecule has 0 heterocycles. The highest BCUT2D eigenvalue weighted by atomic mass is 16.1. The molecule has 2 rings (SSSR count). The standard InChI is InChI=1S/C21H26O/c1-16(2)15-19-9-12-20(13-10-19)17(3)21(22)14-11-18-7-5-4-6-8-18/h4-10,12-13,16-17H,11,14-15H2,1-3H3/t17-/m1/s1. The molecule has 1 nitrogen and oxygen atoms in total. The number of hydrogen-bond acceptors (Lipinski definition) is 1. The van der Waals surface area contributed by atoms with Crippen LogP contribution in [-0.4, -0.2) is 5.78 Å². The van der Waals surface area contributed by atoms with Gasteiger partial charge in [0, 0.05) is 12.3 Å². The summed E-state index contributed by atoms with van der Waals surface area (Å²) in [6.45, 7) is 6.47. The molecule has 2 aromatic carbocycles. The third-order valence-electron chi connectivity index (χ3n) is 4.11. The Morgan fingerprint density at radius 1 is 0.864 bits per heavy atom. The van der Waals surface area contributed by atoms with Crippen LogP contribution in [0, 0.1) is 5.92 Å². The van der Waals surface area contributed by atoms with Crippen molar-refractivity contribution in [3.05, 3.63) is 71.3 Å². The van der Waals surface area contributed by atoms with Gasteiger partial charge in [-0.2, -0.15) is 0 Å². The van der Waals surface area contributed by atoms with Crippen LogP contribution in [0.3, 0.4) is 0 Å². The molecule has 22 heavy (non-hydrogen) atoms. The molecule has 1 heteroatoms. The molecule has 2 aromatic rings. The van der Waals surface area contributed by atoms with E-state index in [0.717, 1.165) is 18.4 Å². The van der Waals surface area contributed by atoms with Crippen LogP contribution in [0.15, 0.2) is 54.6 Å². The second-order valence-electron chi connectivity index (χ2n) is 6.51. The lowest BCUT2D eigenvalue weighted by atomic mass is 9.91. The Kier molecular flexibility index (Phi) is 5.94. The number of aryl methyl sites for hydroxylation is 1. The third-order valence-corrected chi connectivity index (χ3v) is 4.11. The summed E-state index contributed by atoms with van der Waals surface area (Å²) in [6, 6.07) is 18.8. The molecule has 0 unspecified atom stereocenters. The molecule has 0 saturated carbocycles. The lowest BCUT2D eigenvalue weighted by molar-refractivity contribution is -0.120. The Balaban J connectivity index is 1.92. The van der Waals surface area contributed by atoms with Crippen molar-refractivity contribution in [3.63, 3.8) is 0 Å². The zero-order chi connectivity index (χ0) is 15.9. The van der Waals surface area contributed by atoms with Crippen molar-refractivity contribution >= 4 is 5.78 Å². The first-order valence-electron chi connectivity index (χ1n) is 8.21. The fourth-order valence-corrected chi connectivity index (χ4v) is 2.73. The van der Waals surface area contributed by atoms with Crippen molar-refractivity contribution in [2.24, 2.45) is 5.92 Å². The molecule has 0 aromatic heterocycles. The van der Waals surface area contributed by atoms with Gasteiger partial charge in [-0.25, -0.2) is 0 Å². The van der Waals surface area contributed by atoms with E-state index in [2.05, 4.69) is 50.2 Å². The van der Waals surface area contributed by atoms with Crippen LogP contribution in [0.25, 0.3) is 0 Å². The molecule has 0 saturated heterocycles. The molecule has 0 aliphatic rings. The summed E-state index contributed by atoms with van der Waals surface area (Å²) in [6.07, 6.45) is 2.53. The molecule has 0 bridgehead atoms. The number of carbonyl (C=O) groups is 1. The summed E-state index contributed by atoms with van der Waals surface area (Å²) in [4.78, 5) is 12.4. The Hall–Kier alpha value is -1.89. The van der Waals surface area contributed by atoms with E-state index in [1.54, 1.807) is 0 Å². The van der Waals surface area contributed by atoms with Crippen LogP contribution < -0.4 is 0 Å². The zero-order valence-electron chi connectivity index (χ0n) is 13.9. The molecule has 0 radical (unpaired) electrons. The normalized spacial score (nSPS) is 12.4. The second kappa shape index (κ2) is 7.93. The minimum absolute atomic E-state index is 0.0168. The minimum atomic E-state index is -0.0168. The van der Waals surface area contributed by atoms with Crippen molar-refractivity contribution in [3.8, 4) is 0 Å². The largest absolute Gasteiger partial charge is 0.299 e. The fraction of sp³-hybridized carbons (Fsp3) is 0.381. The van der Waals surface area contributed by atoms with E-state index in [1.165, 1.54) is 11.1 Å². The second-order valence-corrected chi connectivity index (χ2v) is 6.51. The molecule has 0 spiro atoms. The first kappa shape index (κ1) is 16.5. The van der Waals surface area contributed by atoms with E-state index in [0.29, 0.717) is 18.1 Å². The maximum atomic E-state index is 12.4. The lowest BCUT2D eigenvalue weighted by Crippen LogP contribution is -2.10. The highest BCUT2D eigenvalue weighted by Gasteiger charge is 2.15. The zero-order valence-corrected chi connectivity index (χ0v) is 13.9. The average molecular weight is 294 g/mol. The SMILES string of the molecule is CC(C)Cc1ccc([C@@H](C)C(=O)CCc2ccccc2)cc1. The van der Waals surface area contributed by atoms with Gasteiger partial charge in [0.05, 0.1) is 0 Å². The van der Waals surface area contributed by atoms with Crippen molar-refractivity contribution in [1.29, 1.82) is 0 Å². The van der Waals surface area contributed by atoms with Crippen LogP contribution in [0.4, 0.5) is 0 Å². The summed E-state index contributed by atoms with van der Waals surface area (Å²) < 4.78 is 0. The van der Waals surface area contributed by atoms with Crippen LogP contribution in [0.5, 0.6) is 0 Å². The molecular formula is C21H26O. The van der Waals surface area contributed by atoms with Gasteiger partial charge in [-0.1, -0.05) is 75.4 Å². The van der Waals surface area contributed by atoms with Crippen molar-refractivity contribution in [1.82, 2.24) is 0 Å². The van der Waals surface area contributed by atoms with Gasteiger partial charge in [-0.05, 0) is 35.4 Å². The van der Waals surface area contributed by atoms with Gasteiger partial charge in [-0.15, -0.1) is 0 Å². The van der Waals surface area contributed by atoms with Crippen LogP contribution in [0.2, 0.25) is 0 Å². The van der Waals surface area contributed by atoms with Crippen molar-refractivity contribution in [2.45, 2.75) is 46.0 Å². The number of carbonyl (C=O) groups excluding carboxylic acids is 1. The van der Waals surface area contributed by atoms with Crippen molar-refractivity contribution in [2.75, 3.05) is 0 Å². The van der Waals surface area contributed by atoms with Crippen molar-refractivity contribution < 1.29 is 4.79 Å². The number of ketones is 1. The van der Waals surface area contributed by atoms with E-state index in [1.807, 2.05) is 25.1 Å². The Labute approximate surface area is 134 Å². The van der Waals surface area contributed by atoms with Gasteiger partial charge in [0.1, 0.15) is 5.78 Å². The first-order valence-corrected chi connectivity index (χ1v) is 8.21. The van der Waals surface area contributed by atoms with E-state index in [-0.39, 0.29) is 5.92 Å². The summed E-state index contributed by atoms with van der Waals surface area (Å²) in [5, 5.41) is 0. The Morgan fingerprint density at radius 3 is 2.09 bits per heavy atom. The Bertz CT molecular complexity index is 581. The average Bonchev–Trinajstić information content (AvgIpc) is 2.53. The first-order chi connectivity index (χ1) is 10.6. The number of rotatable bonds is 7. The van der Waals surface area contributed by atoms with E-state index in [9.17, 15) is 4.79 Å². The van der Waals surface area contributed by atoms with Crippen LogP contribution in [0.1, 0.15) is 49.8 Å². The monoisotopic (exact) mass is 294 g/mol. The molecule has 116 valence electrons. The number of benzene rings is 2. The maximum absolute atomic E-state index is 12.4. The summed E-state index contributed by atoms with van der Waals surface area (Å²) in [7, 11) is 0. The molecule has 0 fully saturated rings. The molecule has 0 aliphatic heterocycles. The number of hydrogen-bond donors (Lipinski definition) is 0. The third kappa shape index (κ3) is 4.84. The van der Waals surface area contributed by atoms with E-state index >= 15 is 0 Å². The molecule has 0 aliphatic carbocycles. The summed E-state index contributed by atoms with van der Waals surface area (Å²) in [5.74, 6) is 0.966. The highest BCUT2D eigenvalue weighted by molar-refractivity contribution is 5.85. The van der Waals surface area contributed by atoms with Gasteiger partial charge in [0.25, 0.3) is 0 Å². The molecule has 1 atom stereocenters.